The molecule has 1 unspecified atom stereocenters. The summed E-state index contributed by atoms with van der Waals surface area (Å²) < 4.78 is 0. The summed E-state index contributed by atoms with van der Waals surface area (Å²) in [5.74, 6) is -0.618. The first-order chi connectivity index (χ1) is 8.08. The fourth-order valence-electron chi connectivity index (χ4n) is 1.98. The van der Waals surface area contributed by atoms with E-state index >= 15 is 0 Å². The number of carbonyl (C=O) groups is 1. The molecule has 0 spiro atoms. The molecule has 2 rings (SSSR count). The lowest BCUT2D eigenvalue weighted by Gasteiger charge is -2.12. The van der Waals surface area contributed by atoms with Gasteiger partial charge in [-0.2, -0.15) is 0 Å². The fourth-order valence-corrected chi connectivity index (χ4v) is 2.11. The molecule has 2 atom stereocenters. The number of carboxylic acid groups (broad SMARTS) is 1. The summed E-state index contributed by atoms with van der Waals surface area (Å²) in [6.07, 6.45) is 1.79. The zero-order valence-electron chi connectivity index (χ0n) is 9.48. The Hall–Kier alpha value is -1.32. The Morgan fingerprint density at radius 1 is 1.47 bits per heavy atom. The van der Waals surface area contributed by atoms with Crippen molar-refractivity contribution in [2.75, 3.05) is 6.54 Å². The normalized spacial score (nSPS) is 21.1. The third kappa shape index (κ3) is 2.68. The number of hydrogen-bond acceptors (Lipinski definition) is 2. The van der Waals surface area contributed by atoms with Crippen molar-refractivity contribution >= 4 is 17.6 Å². The summed E-state index contributed by atoms with van der Waals surface area (Å²) in [5.41, 5.74) is 2.26. The van der Waals surface area contributed by atoms with E-state index in [0.717, 1.165) is 11.1 Å². The molecule has 1 aliphatic rings. The molecule has 0 saturated carbocycles. The van der Waals surface area contributed by atoms with Gasteiger partial charge in [0.2, 0.25) is 0 Å². The molecule has 0 fully saturated rings. The molecule has 0 radical (unpaired) electrons. The average Bonchev–Trinajstić information content (AvgIpc) is 2.78. The van der Waals surface area contributed by atoms with Gasteiger partial charge in [-0.3, -0.25) is 10.1 Å². The highest BCUT2D eigenvalue weighted by Gasteiger charge is 2.24. The molecule has 0 aromatic heterocycles. The van der Waals surface area contributed by atoms with Gasteiger partial charge in [-0.15, -0.1) is 0 Å². The lowest BCUT2D eigenvalue weighted by molar-refractivity contribution is -0.137. The second-order valence-corrected chi connectivity index (χ2v) is 4.65. The molecule has 0 amide bonds. The van der Waals surface area contributed by atoms with Gasteiger partial charge in [0.1, 0.15) is 6.04 Å². The number of nitrogens with one attached hydrogen (secondary N) is 1. The van der Waals surface area contributed by atoms with Crippen LogP contribution >= 0.6 is 11.6 Å². The maximum atomic E-state index is 10.8. The molecule has 3 nitrogen and oxygen atoms in total. The van der Waals surface area contributed by atoms with Crippen LogP contribution in [0.5, 0.6) is 0 Å². The Morgan fingerprint density at radius 2 is 2.12 bits per heavy atom. The molecule has 1 aromatic rings. The van der Waals surface area contributed by atoms with E-state index in [1.54, 1.807) is 6.08 Å². The summed E-state index contributed by atoms with van der Waals surface area (Å²) in [7, 11) is 0. The highest BCUT2D eigenvalue weighted by Crippen LogP contribution is 2.27. The van der Waals surface area contributed by atoms with Crippen molar-refractivity contribution in [3.05, 3.63) is 46.5 Å². The van der Waals surface area contributed by atoms with Crippen LogP contribution in [0, 0.1) is 0 Å². The second-order valence-electron chi connectivity index (χ2n) is 4.21. The second kappa shape index (κ2) is 4.90. The van der Waals surface area contributed by atoms with E-state index in [1.807, 2.05) is 24.3 Å². The Bertz CT molecular complexity index is 453. The molecule has 1 aromatic carbocycles. The van der Waals surface area contributed by atoms with Crippen LogP contribution in [0.2, 0.25) is 5.02 Å². The van der Waals surface area contributed by atoms with E-state index < -0.39 is 12.0 Å². The molecule has 0 aliphatic carbocycles. The summed E-state index contributed by atoms with van der Waals surface area (Å²) >= 11 is 5.84. The number of carboxylic acids is 1. The maximum Gasteiger partial charge on any atom is 0.324 e. The van der Waals surface area contributed by atoms with Crippen LogP contribution < -0.4 is 5.32 Å². The summed E-state index contributed by atoms with van der Waals surface area (Å²) in [6.45, 7) is 2.70. The summed E-state index contributed by atoms with van der Waals surface area (Å²) in [5, 5.41) is 12.6. The fraction of sp³-hybridized carbons (Fsp3) is 0.308. The van der Waals surface area contributed by atoms with E-state index in [0.29, 0.717) is 11.6 Å². The van der Waals surface area contributed by atoms with Crippen molar-refractivity contribution < 1.29 is 9.90 Å². The topological polar surface area (TPSA) is 49.3 Å². The highest BCUT2D eigenvalue weighted by atomic mass is 35.5. The first-order valence-electron chi connectivity index (χ1n) is 5.50. The van der Waals surface area contributed by atoms with Crippen LogP contribution in [-0.4, -0.2) is 23.7 Å². The number of aliphatic carboxylic acids is 1. The minimum Gasteiger partial charge on any atom is -0.480 e. The quantitative estimate of drug-likeness (QED) is 0.812. The van der Waals surface area contributed by atoms with Gasteiger partial charge in [0.25, 0.3) is 0 Å². The lowest BCUT2D eigenvalue weighted by Crippen LogP contribution is -2.30. The van der Waals surface area contributed by atoms with Crippen molar-refractivity contribution in [3.8, 4) is 0 Å². The Labute approximate surface area is 105 Å². The molecule has 90 valence electrons. The maximum absolute atomic E-state index is 10.8. The molecule has 0 saturated heterocycles. The SMILES string of the molecule is CC(C1=C[C@@H](C(=O)O)NC1)c1ccc(Cl)cc1. The molecule has 0 bridgehead atoms. The van der Waals surface area contributed by atoms with Crippen LogP contribution in [-0.2, 0) is 4.79 Å². The van der Waals surface area contributed by atoms with E-state index in [2.05, 4.69) is 12.2 Å². The van der Waals surface area contributed by atoms with Crippen LogP contribution in [0.15, 0.2) is 35.9 Å². The predicted molar refractivity (Wildman–Crippen MR) is 67.4 cm³/mol. The van der Waals surface area contributed by atoms with Gasteiger partial charge in [-0.1, -0.05) is 42.3 Å². The molecular weight excluding hydrogens is 238 g/mol. The van der Waals surface area contributed by atoms with E-state index in [4.69, 9.17) is 16.7 Å². The van der Waals surface area contributed by atoms with E-state index in [-0.39, 0.29) is 5.92 Å². The van der Waals surface area contributed by atoms with Crippen LogP contribution in [0.1, 0.15) is 18.4 Å². The highest BCUT2D eigenvalue weighted by molar-refractivity contribution is 6.30. The first-order valence-corrected chi connectivity index (χ1v) is 5.88. The summed E-state index contributed by atoms with van der Waals surface area (Å²) in [4.78, 5) is 10.8. The molecule has 1 aliphatic heterocycles. The molecular formula is C13H14ClNO2. The Balaban J connectivity index is 2.16. The Morgan fingerprint density at radius 3 is 2.65 bits per heavy atom. The van der Waals surface area contributed by atoms with Gasteiger partial charge < -0.3 is 5.11 Å². The number of benzene rings is 1. The van der Waals surface area contributed by atoms with Gasteiger partial charge >= 0.3 is 5.97 Å². The Kier molecular flexibility index (Phi) is 3.50. The van der Waals surface area contributed by atoms with Gasteiger partial charge in [0, 0.05) is 17.5 Å². The largest absolute Gasteiger partial charge is 0.480 e. The van der Waals surface area contributed by atoms with Gasteiger partial charge in [-0.05, 0) is 17.7 Å². The molecule has 2 N–H and O–H groups in total. The standard InChI is InChI=1S/C13H14ClNO2/c1-8(9-2-4-11(14)5-3-9)10-6-12(13(16)17)15-7-10/h2-6,8,12,15H,7H2,1H3,(H,16,17)/t8?,12-/m0/s1. The minimum atomic E-state index is -0.830. The smallest absolute Gasteiger partial charge is 0.324 e. The van der Waals surface area contributed by atoms with Crippen LogP contribution in [0.3, 0.4) is 0 Å². The van der Waals surface area contributed by atoms with Gasteiger partial charge in [0.05, 0.1) is 0 Å². The van der Waals surface area contributed by atoms with Crippen molar-refractivity contribution in [2.24, 2.45) is 0 Å². The lowest BCUT2D eigenvalue weighted by atomic mass is 9.93. The van der Waals surface area contributed by atoms with Gasteiger partial charge in [-0.25, -0.2) is 0 Å². The summed E-state index contributed by atoms with van der Waals surface area (Å²) in [6, 6.07) is 7.10. The average molecular weight is 252 g/mol. The third-order valence-corrected chi connectivity index (χ3v) is 3.35. The van der Waals surface area contributed by atoms with E-state index in [9.17, 15) is 4.79 Å². The van der Waals surface area contributed by atoms with Crippen molar-refractivity contribution in [3.63, 3.8) is 0 Å². The minimum absolute atomic E-state index is 0.212. The van der Waals surface area contributed by atoms with E-state index in [1.165, 1.54) is 0 Å². The molecule has 1 heterocycles. The predicted octanol–water partition coefficient (Wildman–Crippen LogP) is 2.43. The number of hydrogen-bond donors (Lipinski definition) is 2. The third-order valence-electron chi connectivity index (χ3n) is 3.10. The first kappa shape index (κ1) is 12.1. The van der Waals surface area contributed by atoms with Crippen molar-refractivity contribution in [2.45, 2.75) is 18.9 Å². The molecule has 4 heteroatoms. The molecule has 17 heavy (non-hydrogen) atoms. The number of halogens is 1. The zero-order valence-corrected chi connectivity index (χ0v) is 10.2. The van der Waals surface area contributed by atoms with Gasteiger partial charge in [0.15, 0.2) is 0 Å². The van der Waals surface area contributed by atoms with Crippen molar-refractivity contribution in [1.82, 2.24) is 5.32 Å². The number of rotatable bonds is 3. The van der Waals surface area contributed by atoms with Crippen LogP contribution in [0.25, 0.3) is 0 Å². The van der Waals surface area contributed by atoms with Crippen LogP contribution in [0.4, 0.5) is 0 Å². The van der Waals surface area contributed by atoms with Crippen molar-refractivity contribution in [1.29, 1.82) is 0 Å². The monoisotopic (exact) mass is 251 g/mol. The zero-order chi connectivity index (χ0) is 12.4.